The van der Waals surface area contributed by atoms with E-state index in [4.69, 9.17) is 30.5 Å². The first-order valence-corrected chi connectivity index (χ1v) is 14.2. The van der Waals surface area contributed by atoms with Crippen molar-refractivity contribution in [2.45, 2.75) is 25.0 Å². The number of anilines is 2. The van der Waals surface area contributed by atoms with Crippen molar-refractivity contribution in [3.8, 4) is 5.75 Å². The summed E-state index contributed by atoms with van der Waals surface area (Å²) in [5.41, 5.74) is 1.96. The number of fused-ring (bicyclic) bond motifs is 2. The van der Waals surface area contributed by atoms with Gasteiger partial charge in [-0.15, -0.1) is 0 Å². The van der Waals surface area contributed by atoms with Gasteiger partial charge in [0, 0.05) is 61.3 Å². The van der Waals surface area contributed by atoms with Crippen molar-refractivity contribution in [2.24, 2.45) is 5.92 Å². The minimum Gasteiger partial charge on any atom is -0.493 e. The molecule has 0 radical (unpaired) electrons. The molecule has 3 aromatic rings. The van der Waals surface area contributed by atoms with Gasteiger partial charge in [0.05, 0.1) is 49.2 Å². The Balaban J connectivity index is 1.20. The fraction of sp³-hybridized carbons (Fsp3) is 0.433. The number of nitrogens with one attached hydrogen (secondary N) is 1. The maximum atomic E-state index is 13.7. The molecule has 3 atom stereocenters. The molecule has 1 aromatic heterocycles. The average Bonchev–Trinajstić information content (AvgIpc) is 3.64. The smallest absolute Gasteiger partial charge is 0.159 e. The van der Waals surface area contributed by atoms with Crippen LogP contribution in [0.5, 0.6) is 5.75 Å². The van der Waals surface area contributed by atoms with E-state index < -0.39 is 5.82 Å². The Morgan fingerprint density at radius 1 is 1.15 bits per heavy atom. The summed E-state index contributed by atoms with van der Waals surface area (Å²) in [7, 11) is 0. The maximum Gasteiger partial charge on any atom is 0.159 e. The van der Waals surface area contributed by atoms with Gasteiger partial charge in [-0.2, -0.15) is 0 Å². The Bertz CT molecular complexity index is 1420. The first-order chi connectivity index (χ1) is 20.0. The lowest BCUT2D eigenvalue weighted by atomic mass is 10.0. The fourth-order valence-corrected chi connectivity index (χ4v) is 5.58. The van der Waals surface area contributed by atoms with Crippen LogP contribution in [-0.4, -0.2) is 85.5 Å². The molecule has 0 saturated carbocycles. The molecule has 41 heavy (non-hydrogen) atoms. The zero-order valence-electron chi connectivity index (χ0n) is 22.6. The summed E-state index contributed by atoms with van der Waals surface area (Å²) in [6.45, 7) is 5.40. The highest BCUT2D eigenvalue weighted by Gasteiger charge is 2.35. The van der Waals surface area contributed by atoms with E-state index in [2.05, 4.69) is 20.2 Å². The van der Waals surface area contributed by atoms with E-state index in [1.54, 1.807) is 12.1 Å². The number of ketones is 1. The highest BCUT2D eigenvalue weighted by Crippen LogP contribution is 2.32. The third-order valence-corrected chi connectivity index (χ3v) is 7.86. The van der Waals surface area contributed by atoms with Crippen LogP contribution in [0.3, 0.4) is 0 Å². The SMILES string of the molecule is O=C(/C=C/CN1C[C@@H]2OCCO[C@H]2C1)Cc1cc2c(Nc3ccc(F)c(Cl)c3)ncnc2cc1OC[C@H]1CCOC1. The molecule has 0 unspecified atom stereocenters. The van der Waals surface area contributed by atoms with Gasteiger partial charge in [-0.05, 0) is 36.8 Å². The van der Waals surface area contributed by atoms with Crippen molar-refractivity contribution >= 4 is 39.8 Å². The van der Waals surface area contributed by atoms with Crippen molar-refractivity contribution in [3.05, 3.63) is 65.2 Å². The van der Waals surface area contributed by atoms with Gasteiger partial charge in [-0.3, -0.25) is 9.69 Å². The van der Waals surface area contributed by atoms with Gasteiger partial charge in [0.25, 0.3) is 0 Å². The van der Waals surface area contributed by atoms with Crippen LogP contribution in [0, 0.1) is 11.7 Å². The number of benzene rings is 2. The average molecular weight is 583 g/mol. The Kier molecular flexibility index (Phi) is 8.73. The molecule has 3 fully saturated rings. The lowest BCUT2D eigenvalue weighted by Crippen LogP contribution is -2.36. The monoisotopic (exact) mass is 582 g/mol. The predicted molar refractivity (Wildman–Crippen MR) is 152 cm³/mol. The maximum absolute atomic E-state index is 13.7. The number of allylic oxidation sites excluding steroid dienone is 1. The molecule has 2 aromatic carbocycles. The number of likely N-dealkylation sites (tertiary alicyclic amines) is 1. The van der Waals surface area contributed by atoms with Crippen LogP contribution in [0.1, 0.15) is 12.0 Å². The summed E-state index contributed by atoms with van der Waals surface area (Å²) < 4.78 is 37.0. The van der Waals surface area contributed by atoms with Crippen molar-refractivity contribution in [1.29, 1.82) is 0 Å². The second-order valence-electron chi connectivity index (χ2n) is 10.6. The number of rotatable bonds is 10. The fourth-order valence-electron chi connectivity index (χ4n) is 5.40. The number of ether oxygens (including phenoxy) is 4. The minimum atomic E-state index is -0.502. The number of carbonyl (C=O) groups excluding carboxylic acids is 1. The van der Waals surface area contributed by atoms with Gasteiger partial charge < -0.3 is 24.3 Å². The topological polar surface area (TPSA) is 95.0 Å². The molecular formula is C30H32ClFN4O5. The number of carbonyl (C=O) groups is 1. The molecular weight excluding hydrogens is 551 g/mol. The molecule has 11 heteroatoms. The minimum absolute atomic E-state index is 0.00533. The zero-order valence-corrected chi connectivity index (χ0v) is 23.3. The van der Waals surface area contributed by atoms with Gasteiger partial charge in [0.15, 0.2) is 5.78 Å². The molecule has 6 rings (SSSR count). The zero-order chi connectivity index (χ0) is 28.2. The van der Waals surface area contributed by atoms with Crippen LogP contribution >= 0.6 is 11.6 Å². The molecule has 0 amide bonds. The van der Waals surface area contributed by atoms with E-state index in [0.29, 0.717) is 67.0 Å². The summed E-state index contributed by atoms with van der Waals surface area (Å²) >= 11 is 5.97. The van der Waals surface area contributed by atoms with Crippen molar-refractivity contribution in [3.63, 3.8) is 0 Å². The van der Waals surface area contributed by atoms with E-state index in [1.807, 2.05) is 18.2 Å². The van der Waals surface area contributed by atoms with Gasteiger partial charge in [0.1, 0.15) is 23.7 Å². The first-order valence-electron chi connectivity index (χ1n) is 13.9. The molecule has 0 spiro atoms. The van der Waals surface area contributed by atoms with Gasteiger partial charge in [0.2, 0.25) is 0 Å². The first kappa shape index (κ1) is 28.0. The lowest BCUT2D eigenvalue weighted by Gasteiger charge is -2.24. The molecule has 0 bridgehead atoms. The summed E-state index contributed by atoms with van der Waals surface area (Å²) in [5.74, 6) is 0.880. The number of halogens is 2. The normalized spacial score (nSPS) is 22.8. The molecule has 3 aliphatic rings. The second kappa shape index (κ2) is 12.8. The predicted octanol–water partition coefficient (Wildman–Crippen LogP) is 4.35. The Morgan fingerprint density at radius 2 is 1.98 bits per heavy atom. The van der Waals surface area contributed by atoms with Gasteiger partial charge >= 0.3 is 0 Å². The van der Waals surface area contributed by atoms with Crippen molar-refractivity contribution < 1.29 is 28.1 Å². The van der Waals surface area contributed by atoms with Crippen molar-refractivity contribution in [2.75, 3.05) is 58.0 Å². The summed E-state index contributed by atoms with van der Waals surface area (Å²) in [5, 5.41) is 3.90. The van der Waals surface area contributed by atoms with Gasteiger partial charge in [-0.25, -0.2) is 14.4 Å². The number of nitrogens with zero attached hydrogens (tertiary/aromatic N) is 3. The largest absolute Gasteiger partial charge is 0.493 e. The highest BCUT2D eigenvalue weighted by molar-refractivity contribution is 6.31. The van der Waals surface area contributed by atoms with Crippen LogP contribution in [0.2, 0.25) is 5.02 Å². The van der Waals surface area contributed by atoms with E-state index in [0.717, 1.165) is 31.7 Å². The van der Waals surface area contributed by atoms with Crippen LogP contribution in [0.15, 0.2) is 48.8 Å². The number of aromatic nitrogens is 2. The molecule has 0 aliphatic carbocycles. The summed E-state index contributed by atoms with van der Waals surface area (Å²) in [4.78, 5) is 24.2. The lowest BCUT2D eigenvalue weighted by molar-refractivity contribution is -0.116. The Morgan fingerprint density at radius 3 is 2.73 bits per heavy atom. The Labute approximate surface area is 242 Å². The quantitative estimate of drug-likeness (QED) is 0.350. The summed E-state index contributed by atoms with van der Waals surface area (Å²) in [6, 6.07) is 8.09. The molecule has 216 valence electrons. The van der Waals surface area contributed by atoms with Crippen LogP contribution in [0.4, 0.5) is 15.9 Å². The highest BCUT2D eigenvalue weighted by atomic mass is 35.5. The van der Waals surface area contributed by atoms with E-state index >= 15 is 0 Å². The second-order valence-corrected chi connectivity index (χ2v) is 11.0. The standard InChI is InChI=1S/C30H32ClFN4O5/c31-24-12-21(3-4-25(24)32)35-30-23-11-20(27(13-26(23)33-18-34-30)41-17-19-5-7-38-16-19)10-22(37)2-1-6-36-14-28-29(15-36)40-9-8-39-28/h1-4,11-13,18-19,28-29H,5-10,14-17H2,(H,33,34,35)/b2-1+/t19-,28-,29-/m0/s1. The van der Waals surface area contributed by atoms with Crippen LogP contribution in [0.25, 0.3) is 10.9 Å². The van der Waals surface area contributed by atoms with Gasteiger partial charge in [-0.1, -0.05) is 17.7 Å². The Hall–Kier alpha value is -3.15. The van der Waals surface area contributed by atoms with E-state index in [-0.39, 0.29) is 29.4 Å². The molecule has 9 nitrogen and oxygen atoms in total. The third-order valence-electron chi connectivity index (χ3n) is 7.57. The molecule has 3 aliphatic heterocycles. The van der Waals surface area contributed by atoms with E-state index in [9.17, 15) is 9.18 Å². The summed E-state index contributed by atoms with van der Waals surface area (Å²) in [6.07, 6.45) is 6.27. The van der Waals surface area contributed by atoms with E-state index in [1.165, 1.54) is 18.5 Å². The number of hydrogen-bond donors (Lipinski definition) is 1. The molecule has 4 heterocycles. The third kappa shape index (κ3) is 6.85. The van der Waals surface area contributed by atoms with Crippen LogP contribution in [-0.2, 0) is 25.4 Å². The number of hydrogen-bond acceptors (Lipinski definition) is 9. The van der Waals surface area contributed by atoms with Crippen molar-refractivity contribution in [1.82, 2.24) is 14.9 Å². The van der Waals surface area contributed by atoms with Crippen LogP contribution < -0.4 is 10.1 Å². The molecule has 3 saturated heterocycles. The molecule has 1 N–H and O–H groups in total.